The molecule has 2 N–H and O–H groups in total. The Morgan fingerprint density at radius 3 is 2.67 bits per heavy atom. The lowest BCUT2D eigenvalue weighted by molar-refractivity contribution is 0.0696. The number of para-hydroxylation sites is 1. The first kappa shape index (κ1) is 13.5. The number of aromatic carboxylic acids is 1. The van der Waals surface area contributed by atoms with Gasteiger partial charge >= 0.3 is 5.97 Å². The number of nitrogens with one attached hydrogen (secondary N) is 1. The highest BCUT2D eigenvalue weighted by atomic mass is 79.9. The predicted molar refractivity (Wildman–Crippen MR) is 82.5 cm³/mol. The maximum absolute atomic E-state index is 12.1. The fourth-order valence-electron chi connectivity index (χ4n) is 2.15. The molecule has 0 radical (unpaired) electrons. The zero-order valence-corrected chi connectivity index (χ0v) is 12.2. The fraction of sp³-hybridized carbons (Fsp3) is 0. The van der Waals surface area contributed by atoms with Crippen LogP contribution in [0.15, 0.2) is 51.7 Å². The van der Waals surface area contributed by atoms with Crippen LogP contribution >= 0.6 is 15.9 Å². The Bertz CT molecular complexity index is 918. The summed E-state index contributed by atoms with van der Waals surface area (Å²) in [6.45, 7) is 0. The molecule has 0 atom stereocenters. The highest BCUT2D eigenvalue weighted by Crippen LogP contribution is 2.27. The molecule has 21 heavy (non-hydrogen) atoms. The van der Waals surface area contributed by atoms with Crippen molar-refractivity contribution >= 4 is 32.8 Å². The Morgan fingerprint density at radius 2 is 1.90 bits per heavy atom. The second-order valence-corrected chi connectivity index (χ2v) is 5.25. The summed E-state index contributed by atoms with van der Waals surface area (Å²) in [5, 5.41) is 9.81. The number of aromatic amines is 1. The van der Waals surface area contributed by atoms with E-state index in [-0.39, 0.29) is 16.9 Å². The number of fused-ring (bicyclic) bond motifs is 1. The largest absolute Gasteiger partial charge is 0.478 e. The van der Waals surface area contributed by atoms with Gasteiger partial charge in [0.2, 0.25) is 0 Å². The van der Waals surface area contributed by atoms with Crippen LogP contribution in [-0.4, -0.2) is 21.0 Å². The monoisotopic (exact) mass is 344 g/mol. The van der Waals surface area contributed by atoms with Crippen LogP contribution < -0.4 is 5.56 Å². The van der Waals surface area contributed by atoms with Crippen LogP contribution in [0.5, 0.6) is 0 Å². The molecule has 1 heterocycles. The summed E-state index contributed by atoms with van der Waals surface area (Å²) >= 11 is 3.21. The molecule has 0 saturated heterocycles. The van der Waals surface area contributed by atoms with Gasteiger partial charge in [0.1, 0.15) is 5.82 Å². The molecule has 1 aromatic heterocycles. The standard InChI is InChI=1S/C15H9BrN2O3/c16-10-6-3-5-9(12(10)15(20)21)13-17-11-7-2-1-4-8(11)14(19)18-13/h1-7H,(H,20,21)(H,17,18,19). The first-order valence-corrected chi connectivity index (χ1v) is 6.88. The maximum Gasteiger partial charge on any atom is 0.337 e. The highest BCUT2D eigenvalue weighted by Gasteiger charge is 2.17. The van der Waals surface area contributed by atoms with Gasteiger partial charge in [0.25, 0.3) is 5.56 Å². The molecule has 0 aliphatic carbocycles. The van der Waals surface area contributed by atoms with Crippen molar-refractivity contribution < 1.29 is 9.90 Å². The van der Waals surface area contributed by atoms with Gasteiger partial charge < -0.3 is 10.1 Å². The Kier molecular flexibility index (Phi) is 3.31. The smallest absolute Gasteiger partial charge is 0.337 e. The quantitative estimate of drug-likeness (QED) is 0.748. The Morgan fingerprint density at radius 1 is 1.14 bits per heavy atom. The van der Waals surface area contributed by atoms with Gasteiger partial charge in [-0.2, -0.15) is 0 Å². The third-order valence-electron chi connectivity index (χ3n) is 3.10. The number of aromatic nitrogens is 2. The van der Waals surface area contributed by atoms with Gasteiger partial charge in [-0.25, -0.2) is 9.78 Å². The van der Waals surface area contributed by atoms with E-state index < -0.39 is 5.97 Å². The number of halogens is 1. The van der Waals surface area contributed by atoms with Crippen molar-refractivity contribution in [2.45, 2.75) is 0 Å². The molecule has 104 valence electrons. The molecule has 0 aliphatic heterocycles. The maximum atomic E-state index is 12.1. The van der Waals surface area contributed by atoms with E-state index in [4.69, 9.17) is 0 Å². The van der Waals surface area contributed by atoms with E-state index in [9.17, 15) is 14.7 Å². The van der Waals surface area contributed by atoms with Crippen LogP contribution in [0.3, 0.4) is 0 Å². The number of carboxylic acids is 1. The molecule has 3 rings (SSSR count). The van der Waals surface area contributed by atoms with Crippen LogP contribution in [0, 0.1) is 0 Å². The minimum atomic E-state index is -1.09. The molecule has 0 unspecified atom stereocenters. The van der Waals surface area contributed by atoms with Crippen molar-refractivity contribution in [2.24, 2.45) is 0 Å². The summed E-state index contributed by atoms with van der Waals surface area (Å²) in [4.78, 5) is 30.5. The van der Waals surface area contributed by atoms with E-state index in [1.165, 1.54) is 0 Å². The van der Waals surface area contributed by atoms with E-state index in [0.717, 1.165) is 0 Å². The highest BCUT2D eigenvalue weighted by molar-refractivity contribution is 9.10. The lowest BCUT2D eigenvalue weighted by Gasteiger charge is -2.08. The summed E-state index contributed by atoms with van der Waals surface area (Å²) in [7, 11) is 0. The van der Waals surface area contributed by atoms with Gasteiger partial charge in [0.15, 0.2) is 0 Å². The van der Waals surface area contributed by atoms with E-state index in [1.54, 1.807) is 42.5 Å². The Hall–Kier alpha value is -2.47. The normalized spacial score (nSPS) is 10.7. The summed E-state index contributed by atoms with van der Waals surface area (Å²) in [6, 6.07) is 11.9. The van der Waals surface area contributed by atoms with Crippen molar-refractivity contribution in [1.82, 2.24) is 9.97 Å². The number of nitrogens with zero attached hydrogens (tertiary/aromatic N) is 1. The van der Waals surface area contributed by atoms with Gasteiger partial charge in [-0.05, 0) is 34.1 Å². The summed E-state index contributed by atoms with van der Waals surface area (Å²) < 4.78 is 0.434. The number of benzene rings is 2. The molecule has 5 nitrogen and oxygen atoms in total. The lowest BCUT2D eigenvalue weighted by atomic mass is 10.1. The Balaban J connectivity index is 2.34. The number of hydrogen-bond acceptors (Lipinski definition) is 3. The minimum absolute atomic E-state index is 0.0657. The average Bonchev–Trinajstić information content (AvgIpc) is 2.46. The van der Waals surface area contributed by atoms with Crippen LogP contribution in [-0.2, 0) is 0 Å². The summed E-state index contributed by atoms with van der Waals surface area (Å²) in [5.74, 6) is -0.856. The SMILES string of the molecule is O=C(O)c1c(Br)cccc1-c1nc2ccccc2c(=O)[nH]1. The molecular weight excluding hydrogens is 336 g/mol. The average molecular weight is 345 g/mol. The second-order valence-electron chi connectivity index (χ2n) is 4.40. The van der Waals surface area contributed by atoms with Crippen LogP contribution in [0.1, 0.15) is 10.4 Å². The Labute approximate surface area is 127 Å². The molecule has 6 heteroatoms. The molecule has 0 bridgehead atoms. The topological polar surface area (TPSA) is 83.0 Å². The van der Waals surface area contributed by atoms with E-state index in [2.05, 4.69) is 25.9 Å². The number of H-pyrrole nitrogens is 1. The van der Waals surface area contributed by atoms with Crippen LogP contribution in [0.2, 0.25) is 0 Å². The van der Waals surface area contributed by atoms with Crippen LogP contribution in [0.25, 0.3) is 22.3 Å². The van der Waals surface area contributed by atoms with E-state index in [1.807, 2.05) is 0 Å². The molecule has 0 aliphatic rings. The number of hydrogen-bond donors (Lipinski definition) is 2. The molecular formula is C15H9BrN2O3. The van der Waals surface area contributed by atoms with Gasteiger partial charge in [-0.15, -0.1) is 0 Å². The van der Waals surface area contributed by atoms with Gasteiger partial charge in [0.05, 0.1) is 16.5 Å². The summed E-state index contributed by atoms with van der Waals surface area (Å²) in [5.41, 5.74) is 0.648. The second kappa shape index (κ2) is 5.14. The molecule has 2 aromatic carbocycles. The van der Waals surface area contributed by atoms with Crippen molar-refractivity contribution in [3.8, 4) is 11.4 Å². The fourth-order valence-corrected chi connectivity index (χ4v) is 2.69. The van der Waals surface area contributed by atoms with Gasteiger partial charge in [0, 0.05) is 10.0 Å². The van der Waals surface area contributed by atoms with Crippen molar-refractivity contribution in [3.05, 3.63) is 62.9 Å². The zero-order valence-electron chi connectivity index (χ0n) is 10.6. The lowest BCUT2D eigenvalue weighted by Crippen LogP contribution is -2.11. The molecule has 0 saturated carbocycles. The number of carboxylic acid groups (broad SMARTS) is 1. The predicted octanol–water partition coefficient (Wildman–Crippen LogP) is 3.05. The molecule has 0 amide bonds. The third kappa shape index (κ3) is 2.34. The number of rotatable bonds is 2. The number of carbonyl (C=O) groups is 1. The minimum Gasteiger partial charge on any atom is -0.478 e. The van der Waals surface area contributed by atoms with Crippen LogP contribution in [0.4, 0.5) is 0 Å². The first-order chi connectivity index (χ1) is 10.1. The molecule has 0 spiro atoms. The molecule has 3 aromatic rings. The van der Waals surface area contributed by atoms with Crippen molar-refractivity contribution in [1.29, 1.82) is 0 Å². The van der Waals surface area contributed by atoms with Crippen molar-refractivity contribution in [3.63, 3.8) is 0 Å². The zero-order chi connectivity index (χ0) is 15.0. The third-order valence-corrected chi connectivity index (χ3v) is 3.76. The van der Waals surface area contributed by atoms with Crippen molar-refractivity contribution in [2.75, 3.05) is 0 Å². The van der Waals surface area contributed by atoms with Gasteiger partial charge in [-0.3, -0.25) is 4.79 Å². The first-order valence-electron chi connectivity index (χ1n) is 6.09. The van der Waals surface area contributed by atoms with E-state index >= 15 is 0 Å². The molecule has 0 fully saturated rings. The van der Waals surface area contributed by atoms with E-state index in [0.29, 0.717) is 20.9 Å². The van der Waals surface area contributed by atoms with Gasteiger partial charge in [-0.1, -0.05) is 24.3 Å². The summed E-state index contributed by atoms with van der Waals surface area (Å²) in [6.07, 6.45) is 0.